The molecule has 0 aliphatic rings. The number of rotatable bonds is 9. The molecule has 0 bridgehead atoms. The van der Waals surface area contributed by atoms with E-state index in [0.29, 0.717) is 25.6 Å². The second-order valence-corrected chi connectivity index (χ2v) is 4.93. The Hall–Kier alpha value is -0.590. The van der Waals surface area contributed by atoms with Gasteiger partial charge in [-0.3, -0.25) is 0 Å². The highest BCUT2D eigenvalue weighted by Gasteiger charge is 2.05. The topological polar surface area (TPSA) is 58.9 Å². The Labute approximate surface area is 112 Å². The number of ether oxygens (including phenoxy) is 2. The number of hydrogen-bond donors (Lipinski definition) is 2. The zero-order valence-electron chi connectivity index (χ0n) is 10.5. The first-order valence-electron chi connectivity index (χ1n) is 5.83. The van der Waals surface area contributed by atoms with Crippen LogP contribution in [0.15, 0.2) is 29.2 Å². The third-order valence-electron chi connectivity index (χ3n) is 2.27. The minimum Gasteiger partial charge on any atom is -0.392 e. The molecule has 0 amide bonds. The molecule has 102 valence electrons. The molecule has 1 rings (SSSR count). The first-order chi connectivity index (χ1) is 8.76. The van der Waals surface area contributed by atoms with E-state index < -0.39 is 6.10 Å². The normalized spacial score (nSPS) is 12.6. The van der Waals surface area contributed by atoms with Crippen LogP contribution in [-0.4, -0.2) is 49.0 Å². The maximum absolute atomic E-state index is 9.70. The lowest BCUT2D eigenvalue weighted by Gasteiger charge is -2.11. The lowest BCUT2D eigenvalue weighted by Crippen LogP contribution is -2.19. The van der Waals surface area contributed by atoms with E-state index in [1.807, 2.05) is 24.3 Å². The molecule has 1 aromatic carbocycles. The van der Waals surface area contributed by atoms with E-state index in [-0.39, 0.29) is 6.61 Å². The SMILES string of the molecule is COCCOCC(O)CSc1cccc(CO)c1. The van der Waals surface area contributed by atoms with Crippen LogP contribution in [0.4, 0.5) is 0 Å². The molecule has 18 heavy (non-hydrogen) atoms. The molecule has 0 aliphatic heterocycles. The predicted molar refractivity (Wildman–Crippen MR) is 71.8 cm³/mol. The van der Waals surface area contributed by atoms with Gasteiger partial charge in [-0.2, -0.15) is 0 Å². The van der Waals surface area contributed by atoms with Crippen molar-refractivity contribution in [2.75, 3.05) is 32.7 Å². The van der Waals surface area contributed by atoms with E-state index in [0.717, 1.165) is 10.5 Å². The van der Waals surface area contributed by atoms with E-state index >= 15 is 0 Å². The second kappa shape index (κ2) is 9.35. The second-order valence-electron chi connectivity index (χ2n) is 3.84. The highest BCUT2D eigenvalue weighted by atomic mass is 32.2. The van der Waals surface area contributed by atoms with Crippen LogP contribution in [0.5, 0.6) is 0 Å². The van der Waals surface area contributed by atoms with Crippen LogP contribution in [0.1, 0.15) is 5.56 Å². The van der Waals surface area contributed by atoms with Gasteiger partial charge in [-0.15, -0.1) is 11.8 Å². The van der Waals surface area contributed by atoms with Crippen molar-refractivity contribution >= 4 is 11.8 Å². The largest absolute Gasteiger partial charge is 0.392 e. The van der Waals surface area contributed by atoms with Gasteiger partial charge in [-0.25, -0.2) is 0 Å². The summed E-state index contributed by atoms with van der Waals surface area (Å²) < 4.78 is 10.1. The van der Waals surface area contributed by atoms with Crippen LogP contribution in [-0.2, 0) is 16.1 Å². The first-order valence-corrected chi connectivity index (χ1v) is 6.82. The summed E-state index contributed by atoms with van der Waals surface area (Å²) in [6, 6.07) is 7.65. The van der Waals surface area contributed by atoms with E-state index in [2.05, 4.69) is 0 Å². The molecular weight excluding hydrogens is 252 g/mol. The Morgan fingerprint density at radius 2 is 2.17 bits per heavy atom. The molecule has 0 saturated carbocycles. The van der Waals surface area contributed by atoms with Crippen LogP contribution in [0.2, 0.25) is 0 Å². The lowest BCUT2D eigenvalue weighted by molar-refractivity contribution is 0.0218. The summed E-state index contributed by atoms with van der Waals surface area (Å²) in [6.07, 6.45) is -0.496. The van der Waals surface area contributed by atoms with Crippen molar-refractivity contribution in [3.05, 3.63) is 29.8 Å². The third kappa shape index (κ3) is 6.37. The van der Waals surface area contributed by atoms with Crippen LogP contribution >= 0.6 is 11.8 Å². The summed E-state index contributed by atoms with van der Waals surface area (Å²) >= 11 is 1.55. The molecule has 5 heteroatoms. The van der Waals surface area contributed by atoms with Gasteiger partial charge in [0.15, 0.2) is 0 Å². The van der Waals surface area contributed by atoms with Crippen LogP contribution in [0, 0.1) is 0 Å². The first kappa shape index (κ1) is 15.5. The summed E-state index contributed by atoms with van der Waals surface area (Å²) in [5.41, 5.74) is 0.880. The van der Waals surface area contributed by atoms with Crippen molar-refractivity contribution in [1.82, 2.24) is 0 Å². The van der Waals surface area contributed by atoms with E-state index in [4.69, 9.17) is 14.6 Å². The molecule has 4 nitrogen and oxygen atoms in total. The fourth-order valence-corrected chi connectivity index (χ4v) is 2.23. The van der Waals surface area contributed by atoms with Crippen LogP contribution < -0.4 is 0 Å². The Balaban J connectivity index is 2.22. The molecule has 0 saturated heterocycles. The van der Waals surface area contributed by atoms with Gasteiger partial charge in [0.2, 0.25) is 0 Å². The summed E-state index contributed by atoms with van der Waals surface area (Å²) in [5, 5.41) is 18.7. The van der Waals surface area contributed by atoms with Gasteiger partial charge in [0.1, 0.15) is 0 Å². The molecule has 1 aromatic rings. The van der Waals surface area contributed by atoms with Gasteiger partial charge in [0.25, 0.3) is 0 Å². The molecule has 0 heterocycles. The number of methoxy groups -OCH3 is 1. The van der Waals surface area contributed by atoms with Crippen molar-refractivity contribution in [3.8, 4) is 0 Å². The molecular formula is C13H20O4S. The average molecular weight is 272 g/mol. The summed E-state index contributed by atoms with van der Waals surface area (Å²) in [5.74, 6) is 0.571. The minimum absolute atomic E-state index is 0.0388. The van der Waals surface area contributed by atoms with Crippen molar-refractivity contribution in [3.63, 3.8) is 0 Å². The van der Waals surface area contributed by atoms with Gasteiger partial charge in [0, 0.05) is 17.8 Å². The fraction of sp³-hybridized carbons (Fsp3) is 0.538. The summed E-state index contributed by atoms with van der Waals surface area (Å²) in [7, 11) is 1.61. The van der Waals surface area contributed by atoms with Crippen molar-refractivity contribution in [2.24, 2.45) is 0 Å². The number of benzene rings is 1. The Bertz CT molecular complexity index is 333. The minimum atomic E-state index is -0.496. The smallest absolute Gasteiger partial charge is 0.0867 e. The van der Waals surface area contributed by atoms with Gasteiger partial charge < -0.3 is 19.7 Å². The third-order valence-corrected chi connectivity index (χ3v) is 3.40. The maximum Gasteiger partial charge on any atom is 0.0867 e. The van der Waals surface area contributed by atoms with Crippen molar-refractivity contribution < 1.29 is 19.7 Å². The van der Waals surface area contributed by atoms with Crippen LogP contribution in [0.3, 0.4) is 0 Å². The van der Waals surface area contributed by atoms with E-state index in [1.54, 1.807) is 18.9 Å². The Morgan fingerprint density at radius 1 is 1.33 bits per heavy atom. The van der Waals surface area contributed by atoms with E-state index in [9.17, 15) is 5.11 Å². The van der Waals surface area contributed by atoms with Gasteiger partial charge in [-0.05, 0) is 17.7 Å². The van der Waals surface area contributed by atoms with Crippen molar-refractivity contribution in [1.29, 1.82) is 0 Å². The molecule has 1 atom stereocenters. The lowest BCUT2D eigenvalue weighted by atomic mass is 10.2. The van der Waals surface area contributed by atoms with Gasteiger partial charge >= 0.3 is 0 Å². The number of thioether (sulfide) groups is 1. The Kier molecular flexibility index (Phi) is 8.04. The summed E-state index contributed by atoms with van der Waals surface area (Å²) in [4.78, 5) is 1.04. The quantitative estimate of drug-likeness (QED) is 0.524. The van der Waals surface area contributed by atoms with Crippen molar-refractivity contribution in [2.45, 2.75) is 17.6 Å². The zero-order valence-corrected chi connectivity index (χ0v) is 11.4. The van der Waals surface area contributed by atoms with Gasteiger partial charge in [0.05, 0.1) is 32.5 Å². The van der Waals surface area contributed by atoms with Crippen LogP contribution in [0.25, 0.3) is 0 Å². The highest BCUT2D eigenvalue weighted by molar-refractivity contribution is 7.99. The Morgan fingerprint density at radius 3 is 2.89 bits per heavy atom. The van der Waals surface area contributed by atoms with Gasteiger partial charge in [-0.1, -0.05) is 12.1 Å². The van der Waals surface area contributed by atoms with E-state index in [1.165, 1.54) is 0 Å². The monoisotopic (exact) mass is 272 g/mol. The fourth-order valence-electron chi connectivity index (χ4n) is 1.34. The molecule has 2 N–H and O–H groups in total. The predicted octanol–water partition coefficient (Wildman–Crippen LogP) is 1.29. The number of hydrogen-bond acceptors (Lipinski definition) is 5. The average Bonchev–Trinajstić information content (AvgIpc) is 2.41. The standard InChI is InChI=1S/C13H20O4S/c1-16-5-6-17-9-12(15)10-18-13-4-2-3-11(7-13)8-14/h2-4,7,12,14-15H,5-6,8-10H2,1H3. The number of aliphatic hydroxyl groups is 2. The highest BCUT2D eigenvalue weighted by Crippen LogP contribution is 2.20. The molecule has 1 unspecified atom stereocenters. The molecule has 0 spiro atoms. The molecule has 0 aromatic heterocycles. The molecule has 0 radical (unpaired) electrons. The molecule has 0 fully saturated rings. The number of aliphatic hydroxyl groups excluding tert-OH is 2. The maximum atomic E-state index is 9.70. The zero-order chi connectivity index (χ0) is 13.2. The molecule has 0 aliphatic carbocycles. The summed E-state index contributed by atoms with van der Waals surface area (Å²) in [6.45, 7) is 1.39.